The van der Waals surface area contributed by atoms with Crippen molar-refractivity contribution < 1.29 is 23.8 Å². The Bertz CT molecular complexity index is 951. The van der Waals surface area contributed by atoms with Crippen molar-refractivity contribution in [1.82, 2.24) is 0 Å². The molecule has 0 N–H and O–H groups in total. The lowest BCUT2D eigenvalue weighted by Crippen LogP contribution is -2.53. The number of hydrogen-bond donors (Lipinski definition) is 0. The van der Waals surface area contributed by atoms with Gasteiger partial charge >= 0.3 is 6.16 Å². The molecule has 1 aromatic rings. The number of carbonyl (C=O) groups is 2. The molecule has 0 spiro atoms. The lowest BCUT2D eigenvalue weighted by molar-refractivity contribution is -0.139. The van der Waals surface area contributed by atoms with Crippen LogP contribution in [0, 0.1) is 22.2 Å². The predicted molar refractivity (Wildman–Crippen MR) is 111 cm³/mol. The number of methoxy groups -OCH3 is 2. The first-order chi connectivity index (χ1) is 14.3. The number of ether oxygens (including phenoxy) is 3. The molecule has 5 nitrogen and oxygen atoms in total. The number of hydrogen-bond acceptors (Lipinski definition) is 5. The van der Waals surface area contributed by atoms with Gasteiger partial charge in [0.25, 0.3) is 0 Å². The first-order valence-corrected chi connectivity index (χ1v) is 11.0. The van der Waals surface area contributed by atoms with Crippen molar-refractivity contribution in [3.8, 4) is 5.75 Å². The van der Waals surface area contributed by atoms with Crippen LogP contribution in [0.5, 0.6) is 5.75 Å². The maximum absolute atomic E-state index is 13.1. The van der Waals surface area contributed by atoms with E-state index in [0.29, 0.717) is 18.3 Å². The Morgan fingerprint density at radius 2 is 1.93 bits per heavy atom. The van der Waals surface area contributed by atoms with Crippen LogP contribution in [-0.4, -0.2) is 32.3 Å². The SMILES string of the molecule is COC(=O)O[C@@H]1CC23C=C[C@@]1(C(C)=O)[C@@]2(C)CC[C@@H]1c2ccc(OC)cc2CC[C@H]13. The minimum atomic E-state index is -0.758. The lowest BCUT2D eigenvalue weighted by atomic mass is 9.46. The van der Waals surface area contributed by atoms with Crippen LogP contribution < -0.4 is 4.74 Å². The summed E-state index contributed by atoms with van der Waals surface area (Å²) in [6.45, 7) is 3.91. The van der Waals surface area contributed by atoms with E-state index in [1.54, 1.807) is 14.0 Å². The number of ketones is 1. The number of fused-ring (bicyclic) bond motifs is 3. The summed E-state index contributed by atoms with van der Waals surface area (Å²) in [5.41, 5.74) is 1.67. The van der Waals surface area contributed by atoms with E-state index < -0.39 is 17.7 Å². The van der Waals surface area contributed by atoms with Crippen LogP contribution in [0.2, 0.25) is 0 Å². The molecule has 1 unspecified atom stereocenters. The minimum absolute atomic E-state index is 0.0916. The monoisotopic (exact) mass is 410 g/mol. The van der Waals surface area contributed by atoms with E-state index >= 15 is 0 Å². The molecule has 0 heterocycles. The van der Waals surface area contributed by atoms with Gasteiger partial charge in [0, 0.05) is 5.41 Å². The third kappa shape index (κ3) is 2.13. The number of benzene rings is 1. The highest BCUT2D eigenvalue weighted by molar-refractivity contribution is 5.89. The Hall–Kier alpha value is -2.30. The van der Waals surface area contributed by atoms with Gasteiger partial charge in [-0.15, -0.1) is 0 Å². The van der Waals surface area contributed by atoms with Crippen LogP contribution in [0.3, 0.4) is 0 Å². The van der Waals surface area contributed by atoms with Gasteiger partial charge in [0.05, 0.1) is 19.6 Å². The molecule has 0 amide bonds. The third-order valence-corrected chi connectivity index (χ3v) is 9.18. The van der Waals surface area contributed by atoms with Gasteiger partial charge in [-0.25, -0.2) is 4.79 Å². The molecule has 6 atom stereocenters. The van der Waals surface area contributed by atoms with Gasteiger partial charge in [0.1, 0.15) is 17.6 Å². The summed E-state index contributed by atoms with van der Waals surface area (Å²) in [6, 6.07) is 6.48. The average Bonchev–Trinajstić information content (AvgIpc) is 3.14. The van der Waals surface area contributed by atoms with Crippen LogP contribution in [0.15, 0.2) is 30.4 Å². The van der Waals surface area contributed by atoms with Crippen LogP contribution in [0.4, 0.5) is 4.79 Å². The number of allylic oxidation sites excluding steroid dienone is 1. The van der Waals surface area contributed by atoms with Gasteiger partial charge in [0.15, 0.2) is 0 Å². The van der Waals surface area contributed by atoms with Gasteiger partial charge in [-0.3, -0.25) is 4.79 Å². The second-order valence-corrected chi connectivity index (χ2v) is 9.75. The van der Waals surface area contributed by atoms with Crippen molar-refractivity contribution in [1.29, 1.82) is 0 Å². The van der Waals surface area contributed by atoms with Crippen LogP contribution in [0.25, 0.3) is 0 Å². The Balaban J connectivity index is 1.59. The van der Waals surface area contributed by atoms with E-state index in [1.807, 2.05) is 0 Å². The van der Waals surface area contributed by atoms with E-state index in [2.05, 4.69) is 37.3 Å². The second kappa shape index (κ2) is 6.35. The van der Waals surface area contributed by atoms with Crippen molar-refractivity contribution >= 4 is 11.9 Å². The fourth-order valence-electron chi connectivity index (χ4n) is 7.85. The standard InChI is InChI=1S/C25H30O5/c1-15(26)25-12-11-24(14-21(25)30-22(27)29-4)20-8-5-16-13-17(28-3)6-7-18(16)19(20)9-10-23(24,25)2/h6-7,11-13,19-21H,5,8-10,14H2,1-4H3/t19-,20-,21-,23+,24?,25+/m1/s1. The van der Waals surface area contributed by atoms with Gasteiger partial charge in [-0.05, 0) is 79.5 Å². The summed E-state index contributed by atoms with van der Waals surface area (Å²) in [7, 11) is 3.03. The predicted octanol–water partition coefficient (Wildman–Crippen LogP) is 4.83. The molecule has 160 valence electrons. The maximum Gasteiger partial charge on any atom is 0.508 e. The van der Waals surface area contributed by atoms with Crippen molar-refractivity contribution in [2.45, 2.75) is 58.0 Å². The third-order valence-electron chi connectivity index (χ3n) is 9.18. The number of Topliss-reactive ketones (excluding diaryl/α,β-unsaturated/α-hetero) is 1. The van der Waals surface area contributed by atoms with Crippen LogP contribution in [-0.2, 0) is 20.7 Å². The van der Waals surface area contributed by atoms with Gasteiger partial charge < -0.3 is 14.2 Å². The first-order valence-electron chi connectivity index (χ1n) is 11.0. The molecular formula is C25H30O5. The minimum Gasteiger partial charge on any atom is -0.497 e. The molecule has 4 aliphatic carbocycles. The van der Waals surface area contributed by atoms with Crippen molar-refractivity contribution in [2.75, 3.05) is 14.2 Å². The van der Waals surface area contributed by atoms with Crippen LogP contribution >= 0.6 is 0 Å². The summed E-state index contributed by atoms with van der Waals surface area (Å²) >= 11 is 0. The van der Waals surface area contributed by atoms with Crippen LogP contribution in [0.1, 0.15) is 56.6 Å². The van der Waals surface area contributed by atoms with Crippen molar-refractivity contribution in [2.24, 2.45) is 22.2 Å². The Morgan fingerprint density at radius 1 is 1.13 bits per heavy atom. The molecule has 2 bridgehead atoms. The molecule has 5 rings (SSSR count). The van der Waals surface area contributed by atoms with E-state index in [4.69, 9.17) is 14.2 Å². The summed E-state index contributed by atoms with van der Waals surface area (Å²) in [5, 5.41) is 0. The highest BCUT2D eigenvalue weighted by atomic mass is 16.7. The fourth-order valence-corrected chi connectivity index (χ4v) is 7.85. The molecule has 30 heavy (non-hydrogen) atoms. The maximum atomic E-state index is 13.1. The zero-order valence-corrected chi connectivity index (χ0v) is 18.2. The smallest absolute Gasteiger partial charge is 0.497 e. The van der Waals surface area contributed by atoms with E-state index in [9.17, 15) is 9.59 Å². The summed E-state index contributed by atoms with van der Waals surface area (Å²) in [5.74, 6) is 1.89. The molecule has 1 aromatic carbocycles. The molecule has 2 saturated carbocycles. The van der Waals surface area contributed by atoms with Crippen molar-refractivity contribution in [3.63, 3.8) is 0 Å². The first kappa shape index (κ1) is 19.7. The largest absolute Gasteiger partial charge is 0.508 e. The summed E-state index contributed by atoms with van der Waals surface area (Å²) < 4.78 is 16.0. The second-order valence-electron chi connectivity index (χ2n) is 9.75. The summed E-state index contributed by atoms with van der Waals surface area (Å²) in [4.78, 5) is 25.1. The molecule has 0 saturated heterocycles. The fraction of sp³-hybridized carbons (Fsp3) is 0.600. The summed E-state index contributed by atoms with van der Waals surface area (Å²) in [6.07, 6.45) is 8.00. The van der Waals surface area contributed by atoms with E-state index in [1.165, 1.54) is 18.2 Å². The molecular weight excluding hydrogens is 380 g/mol. The molecule has 2 fully saturated rings. The number of carbonyl (C=O) groups excluding carboxylic acids is 2. The molecule has 4 aliphatic rings. The average molecular weight is 411 g/mol. The quantitative estimate of drug-likeness (QED) is 0.528. The zero-order valence-electron chi connectivity index (χ0n) is 18.2. The van der Waals surface area contributed by atoms with Gasteiger partial charge in [-0.2, -0.15) is 0 Å². The van der Waals surface area contributed by atoms with E-state index in [0.717, 1.165) is 31.4 Å². The highest BCUT2D eigenvalue weighted by Gasteiger charge is 2.77. The highest BCUT2D eigenvalue weighted by Crippen LogP contribution is 2.78. The number of aryl methyl sites for hydroxylation is 1. The zero-order chi connectivity index (χ0) is 21.3. The molecule has 0 aromatic heterocycles. The Kier molecular flexibility index (Phi) is 4.16. The van der Waals surface area contributed by atoms with E-state index in [-0.39, 0.29) is 16.6 Å². The van der Waals surface area contributed by atoms with Gasteiger partial charge in [0.2, 0.25) is 0 Å². The Labute approximate surface area is 177 Å². The van der Waals surface area contributed by atoms with Crippen molar-refractivity contribution in [3.05, 3.63) is 41.5 Å². The molecule has 5 heteroatoms. The van der Waals surface area contributed by atoms with Gasteiger partial charge in [-0.1, -0.05) is 25.1 Å². The molecule has 0 aliphatic heterocycles. The normalized spacial score (nSPS) is 40.2. The lowest BCUT2D eigenvalue weighted by Gasteiger charge is -2.56. The topological polar surface area (TPSA) is 61.8 Å². The molecule has 0 radical (unpaired) electrons. The Morgan fingerprint density at radius 3 is 2.63 bits per heavy atom. The number of rotatable bonds is 3.